The zero-order valence-corrected chi connectivity index (χ0v) is 12.4. The molecule has 0 bridgehead atoms. The van der Waals surface area contributed by atoms with Crippen molar-refractivity contribution in [3.05, 3.63) is 12.2 Å². The lowest BCUT2D eigenvalue weighted by molar-refractivity contribution is -0.294. The maximum Gasteiger partial charge on any atom is 0.330 e. The van der Waals surface area contributed by atoms with Crippen LogP contribution in [0, 0.1) is 0 Å². The standard InChI is InChI=1S/C11H22O5Si/c1-5-7-10(12)16-8-6-9-17-11(13-2,14-3)15-4/h5,7H,6,8-9,17H2,1-4H3. The largest absolute Gasteiger partial charge is 0.463 e. The number of carbonyl (C=O) groups excluding carboxylic acids is 1. The van der Waals surface area contributed by atoms with Crippen molar-refractivity contribution >= 4 is 15.5 Å². The molecule has 100 valence electrons. The van der Waals surface area contributed by atoms with Crippen LogP contribution in [0.15, 0.2) is 12.2 Å². The van der Waals surface area contributed by atoms with Crippen LogP contribution < -0.4 is 0 Å². The van der Waals surface area contributed by atoms with Gasteiger partial charge in [-0.25, -0.2) is 4.79 Å². The molecule has 0 radical (unpaired) electrons. The van der Waals surface area contributed by atoms with E-state index >= 15 is 0 Å². The molecule has 5 nitrogen and oxygen atoms in total. The number of hydrogen-bond donors (Lipinski definition) is 0. The quantitative estimate of drug-likeness (QED) is 0.201. The fourth-order valence-corrected chi connectivity index (χ4v) is 2.86. The number of hydrogen-bond acceptors (Lipinski definition) is 5. The number of ether oxygens (including phenoxy) is 4. The fourth-order valence-electron chi connectivity index (χ4n) is 1.36. The summed E-state index contributed by atoms with van der Waals surface area (Å²) in [6, 6.07) is 0.915. The van der Waals surface area contributed by atoms with Crippen molar-refractivity contribution in [2.24, 2.45) is 0 Å². The van der Waals surface area contributed by atoms with Gasteiger partial charge in [-0.2, -0.15) is 0 Å². The summed E-state index contributed by atoms with van der Waals surface area (Å²) in [6.45, 7) is 2.20. The van der Waals surface area contributed by atoms with Gasteiger partial charge in [-0.3, -0.25) is 0 Å². The van der Waals surface area contributed by atoms with E-state index in [0.717, 1.165) is 12.5 Å². The Morgan fingerprint density at radius 2 is 1.82 bits per heavy atom. The van der Waals surface area contributed by atoms with Gasteiger partial charge in [0.05, 0.1) is 6.61 Å². The minimum atomic E-state index is -0.854. The highest BCUT2D eigenvalue weighted by molar-refractivity contribution is 6.38. The Morgan fingerprint density at radius 1 is 1.24 bits per heavy atom. The van der Waals surface area contributed by atoms with Crippen molar-refractivity contribution in [2.75, 3.05) is 27.9 Å². The van der Waals surface area contributed by atoms with Gasteiger partial charge in [-0.1, -0.05) is 12.1 Å². The Hall–Kier alpha value is -0.693. The molecule has 0 unspecified atom stereocenters. The number of rotatable bonds is 9. The average molecular weight is 262 g/mol. The van der Waals surface area contributed by atoms with Gasteiger partial charge in [0.15, 0.2) is 0 Å². The molecule has 0 fully saturated rings. The highest BCUT2D eigenvalue weighted by atomic mass is 28.2. The van der Waals surface area contributed by atoms with E-state index in [-0.39, 0.29) is 5.97 Å². The van der Waals surface area contributed by atoms with Crippen molar-refractivity contribution in [1.82, 2.24) is 0 Å². The van der Waals surface area contributed by atoms with Crippen LogP contribution in [-0.4, -0.2) is 49.0 Å². The van der Waals surface area contributed by atoms with Crippen molar-refractivity contribution in [2.45, 2.75) is 25.0 Å². The molecule has 0 N–H and O–H groups in total. The van der Waals surface area contributed by atoms with Crippen LogP contribution >= 0.6 is 0 Å². The van der Waals surface area contributed by atoms with Gasteiger partial charge in [0.25, 0.3) is 0 Å². The van der Waals surface area contributed by atoms with Crippen molar-refractivity contribution in [1.29, 1.82) is 0 Å². The van der Waals surface area contributed by atoms with Gasteiger partial charge in [-0.05, 0) is 13.3 Å². The monoisotopic (exact) mass is 262 g/mol. The molecule has 0 aromatic rings. The van der Waals surface area contributed by atoms with E-state index in [1.807, 2.05) is 0 Å². The molecule has 0 aromatic heterocycles. The van der Waals surface area contributed by atoms with Crippen molar-refractivity contribution in [3.8, 4) is 0 Å². The first-order valence-electron chi connectivity index (χ1n) is 5.59. The number of carbonyl (C=O) groups is 1. The maximum absolute atomic E-state index is 11.0. The summed E-state index contributed by atoms with van der Waals surface area (Å²) in [5.41, 5.74) is -0.854. The van der Waals surface area contributed by atoms with E-state index in [0.29, 0.717) is 6.61 Å². The van der Waals surface area contributed by atoms with Crippen LogP contribution in [0.3, 0.4) is 0 Å². The molecule has 0 spiro atoms. The van der Waals surface area contributed by atoms with Gasteiger partial charge in [0, 0.05) is 27.4 Å². The Balaban J connectivity index is 3.72. The molecule has 0 aliphatic heterocycles. The molecule has 17 heavy (non-hydrogen) atoms. The van der Waals surface area contributed by atoms with E-state index in [2.05, 4.69) is 0 Å². The highest BCUT2D eigenvalue weighted by Gasteiger charge is 2.28. The molecule has 0 saturated carbocycles. The maximum atomic E-state index is 11.0. The van der Waals surface area contributed by atoms with Gasteiger partial charge in [-0.15, -0.1) is 0 Å². The zero-order valence-electron chi connectivity index (χ0n) is 11.0. The smallest absolute Gasteiger partial charge is 0.330 e. The first-order chi connectivity index (χ1) is 8.14. The summed E-state index contributed by atoms with van der Waals surface area (Å²) in [6.07, 6.45) is 3.86. The number of esters is 1. The van der Waals surface area contributed by atoms with E-state index in [1.54, 1.807) is 34.3 Å². The lowest BCUT2D eigenvalue weighted by Gasteiger charge is -2.28. The third-order valence-electron chi connectivity index (χ3n) is 2.36. The number of methoxy groups -OCH3 is 3. The molecule has 0 saturated heterocycles. The fraction of sp³-hybridized carbons (Fsp3) is 0.727. The SMILES string of the molecule is CC=CC(=O)OCCC[SiH2]C(OC)(OC)OC. The predicted molar refractivity (Wildman–Crippen MR) is 67.5 cm³/mol. The molecular formula is C11H22O5Si. The lowest BCUT2D eigenvalue weighted by Crippen LogP contribution is -2.42. The Morgan fingerprint density at radius 3 is 2.29 bits per heavy atom. The summed E-state index contributed by atoms with van der Waals surface area (Å²) < 4.78 is 20.6. The summed E-state index contributed by atoms with van der Waals surface area (Å²) in [4.78, 5) is 11.0. The second kappa shape index (κ2) is 9.35. The van der Waals surface area contributed by atoms with Gasteiger partial charge in [0.2, 0.25) is 5.60 Å². The lowest BCUT2D eigenvalue weighted by atomic mass is 10.5. The first-order valence-corrected chi connectivity index (χ1v) is 7.29. The Labute approximate surface area is 105 Å². The Bertz CT molecular complexity index is 230. The van der Waals surface area contributed by atoms with Crippen LogP contribution in [0.1, 0.15) is 13.3 Å². The second-order valence-electron chi connectivity index (χ2n) is 3.42. The van der Waals surface area contributed by atoms with Crippen molar-refractivity contribution < 1.29 is 23.7 Å². The third kappa shape index (κ3) is 6.57. The van der Waals surface area contributed by atoms with E-state index in [4.69, 9.17) is 18.9 Å². The third-order valence-corrected chi connectivity index (χ3v) is 4.69. The number of allylic oxidation sites excluding steroid dienone is 1. The average Bonchev–Trinajstić information content (AvgIpc) is 2.35. The van der Waals surface area contributed by atoms with Gasteiger partial charge >= 0.3 is 5.97 Å². The summed E-state index contributed by atoms with van der Waals surface area (Å²) >= 11 is 0. The van der Waals surface area contributed by atoms with Crippen molar-refractivity contribution in [3.63, 3.8) is 0 Å². The Kier molecular flexibility index (Phi) is 8.97. The van der Waals surface area contributed by atoms with Crippen LogP contribution in [0.2, 0.25) is 6.04 Å². The summed E-state index contributed by atoms with van der Waals surface area (Å²) in [7, 11) is 3.97. The zero-order chi connectivity index (χ0) is 13.1. The molecule has 0 heterocycles. The van der Waals surface area contributed by atoms with Crippen LogP contribution in [-0.2, 0) is 23.7 Å². The first kappa shape index (κ1) is 16.3. The molecular weight excluding hydrogens is 240 g/mol. The van der Waals surface area contributed by atoms with Crippen LogP contribution in [0.5, 0.6) is 0 Å². The molecule has 6 heteroatoms. The molecule has 0 atom stereocenters. The summed E-state index contributed by atoms with van der Waals surface area (Å²) in [5.74, 6) is -0.300. The topological polar surface area (TPSA) is 54.0 Å². The summed E-state index contributed by atoms with van der Waals surface area (Å²) in [5, 5.41) is 0. The van der Waals surface area contributed by atoms with E-state index in [1.165, 1.54) is 6.08 Å². The van der Waals surface area contributed by atoms with Gasteiger partial charge in [0.1, 0.15) is 9.52 Å². The van der Waals surface area contributed by atoms with Gasteiger partial charge < -0.3 is 18.9 Å². The minimum absolute atomic E-state index is 0.300. The molecule has 0 amide bonds. The second-order valence-corrected chi connectivity index (χ2v) is 5.49. The predicted octanol–water partition coefficient (Wildman–Crippen LogP) is 0.633. The minimum Gasteiger partial charge on any atom is -0.463 e. The van der Waals surface area contributed by atoms with E-state index in [9.17, 15) is 4.79 Å². The molecule has 0 aromatic carbocycles. The molecule has 0 aliphatic carbocycles. The van der Waals surface area contributed by atoms with Crippen LogP contribution in [0.25, 0.3) is 0 Å². The molecule has 0 aliphatic rings. The van der Waals surface area contributed by atoms with Crippen LogP contribution in [0.4, 0.5) is 0 Å². The molecule has 0 rings (SSSR count). The highest BCUT2D eigenvalue weighted by Crippen LogP contribution is 2.12. The van der Waals surface area contributed by atoms with E-state index < -0.39 is 15.1 Å². The normalized spacial score (nSPS) is 12.7.